The van der Waals surface area contributed by atoms with Gasteiger partial charge >= 0.3 is 0 Å². The number of nitrogens with zero attached hydrogens (tertiary/aromatic N) is 1. The van der Waals surface area contributed by atoms with Crippen molar-refractivity contribution in [3.05, 3.63) is 34.3 Å². The SMILES string of the molecule is C[C@H](Cc1ccc(C2CCC(C)(O)CC2)c(Cl)c1)CN1CCC2(C1)CS(=O)(=O)C2. The lowest BCUT2D eigenvalue weighted by Crippen LogP contribution is -2.50. The zero-order valence-electron chi connectivity index (χ0n) is 17.7. The van der Waals surface area contributed by atoms with Crippen LogP contribution in [0.25, 0.3) is 0 Å². The van der Waals surface area contributed by atoms with Gasteiger partial charge in [-0.3, -0.25) is 0 Å². The van der Waals surface area contributed by atoms with Crippen LogP contribution in [0.2, 0.25) is 5.02 Å². The molecule has 2 aliphatic heterocycles. The molecule has 1 aliphatic carbocycles. The average Bonchev–Trinajstić information content (AvgIpc) is 2.97. The van der Waals surface area contributed by atoms with Crippen molar-refractivity contribution in [2.45, 2.75) is 63.9 Å². The number of rotatable bonds is 5. The molecule has 1 aromatic rings. The summed E-state index contributed by atoms with van der Waals surface area (Å²) in [6.45, 7) is 7.17. The van der Waals surface area contributed by atoms with E-state index in [0.717, 1.165) is 63.2 Å². The fraction of sp³-hybridized carbons (Fsp3) is 0.739. The van der Waals surface area contributed by atoms with Gasteiger partial charge in [-0.2, -0.15) is 0 Å². The van der Waals surface area contributed by atoms with Gasteiger partial charge in [-0.1, -0.05) is 30.7 Å². The van der Waals surface area contributed by atoms with E-state index in [9.17, 15) is 13.5 Å². The molecule has 162 valence electrons. The van der Waals surface area contributed by atoms with Crippen LogP contribution in [0.5, 0.6) is 0 Å². The molecule has 1 aromatic carbocycles. The average molecular weight is 440 g/mol. The summed E-state index contributed by atoms with van der Waals surface area (Å²) in [6.07, 6.45) is 5.68. The van der Waals surface area contributed by atoms with Crippen LogP contribution in [0.3, 0.4) is 0 Å². The Morgan fingerprint density at radius 2 is 1.93 bits per heavy atom. The summed E-state index contributed by atoms with van der Waals surface area (Å²) in [6, 6.07) is 6.54. The Balaban J connectivity index is 1.30. The Kier molecular flexibility index (Phi) is 5.82. The van der Waals surface area contributed by atoms with Crippen LogP contribution >= 0.6 is 11.6 Å². The summed E-state index contributed by atoms with van der Waals surface area (Å²) in [4.78, 5) is 2.45. The van der Waals surface area contributed by atoms with Gasteiger partial charge in [-0.25, -0.2) is 8.42 Å². The second kappa shape index (κ2) is 7.81. The lowest BCUT2D eigenvalue weighted by Gasteiger charge is -2.37. The molecule has 2 saturated heterocycles. The summed E-state index contributed by atoms with van der Waals surface area (Å²) in [7, 11) is -2.75. The van der Waals surface area contributed by atoms with Crippen LogP contribution in [-0.2, 0) is 16.3 Å². The van der Waals surface area contributed by atoms with Crippen LogP contribution < -0.4 is 0 Å². The molecule has 4 rings (SSSR count). The molecule has 0 amide bonds. The standard InChI is InChI=1S/C23H34ClNO3S/c1-17(13-25-10-9-23(14-25)15-29(27,28)16-23)11-18-3-4-20(21(24)12-18)19-5-7-22(2,26)8-6-19/h3-4,12,17,19,26H,5-11,13-16H2,1-2H3/t17-,19?,22?/m1/s1. The predicted molar refractivity (Wildman–Crippen MR) is 118 cm³/mol. The lowest BCUT2D eigenvalue weighted by molar-refractivity contribution is 0.0172. The number of hydrogen-bond donors (Lipinski definition) is 1. The van der Waals surface area contributed by atoms with Crippen LogP contribution in [0.1, 0.15) is 63.0 Å². The maximum atomic E-state index is 11.6. The van der Waals surface area contributed by atoms with Crippen molar-refractivity contribution in [1.82, 2.24) is 4.90 Å². The van der Waals surface area contributed by atoms with Gasteiger partial charge < -0.3 is 10.0 Å². The van der Waals surface area contributed by atoms with E-state index >= 15 is 0 Å². The second-order valence-corrected chi connectivity index (χ2v) is 12.9. The zero-order chi connectivity index (χ0) is 20.9. The van der Waals surface area contributed by atoms with E-state index < -0.39 is 15.4 Å². The monoisotopic (exact) mass is 439 g/mol. The maximum Gasteiger partial charge on any atom is 0.151 e. The molecule has 1 atom stereocenters. The molecule has 6 heteroatoms. The van der Waals surface area contributed by atoms with Crippen LogP contribution in [0.4, 0.5) is 0 Å². The Bertz CT molecular complexity index is 845. The number of sulfone groups is 1. The summed E-state index contributed by atoms with van der Waals surface area (Å²) in [5.41, 5.74) is 2.03. The lowest BCUT2D eigenvalue weighted by atomic mass is 9.77. The first-order valence-corrected chi connectivity index (χ1v) is 13.2. The quantitative estimate of drug-likeness (QED) is 0.751. The van der Waals surface area contributed by atoms with Gasteiger partial charge in [0.15, 0.2) is 9.84 Å². The number of benzene rings is 1. The number of hydrogen-bond acceptors (Lipinski definition) is 4. The Hall–Kier alpha value is -0.620. The van der Waals surface area contributed by atoms with E-state index in [2.05, 4.69) is 30.0 Å². The zero-order valence-corrected chi connectivity index (χ0v) is 19.2. The smallest absolute Gasteiger partial charge is 0.151 e. The summed E-state index contributed by atoms with van der Waals surface area (Å²) in [5, 5.41) is 11.0. The van der Waals surface area contributed by atoms with E-state index in [1.54, 1.807) is 0 Å². The Morgan fingerprint density at radius 1 is 1.24 bits per heavy atom. The third-order valence-corrected chi connectivity index (χ3v) is 9.72. The normalized spacial score (nSPS) is 32.2. The Morgan fingerprint density at radius 3 is 2.55 bits per heavy atom. The number of likely N-dealkylation sites (tertiary alicyclic amines) is 1. The van der Waals surface area contributed by atoms with Crippen molar-refractivity contribution in [1.29, 1.82) is 0 Å². The highest BCUT2D eigenvalue weighted by Gasteiger charge is 2.51. The fourth-order valence-corrected chi connectivity index (χ4v) is 8.41. The first-order valence-electron chi connectivity index (χ1n) is 11.0. The van der Waals surface area contributed by atoms with Gasteiger partial charge in [0, 0.05) is 23.5 Å². The van der Waals surface area contributed by atoms with Crippen LogP contribution in [-0.4, -0.2) is 55.2 Å². The third-order valence-electron chi connectivity index (χ3n) is 7.29. The van der Waals surface area contributed by atoms with E-state index in [-0.39, 0.29) is 5.41 Å². The Labute approximate surface area is 180 Å². The molecule has 29 heavy (non-hydrogen) atoms. The first kappa shape index (κ1) is 21.6. The number of aliphatic hydroxyl groups is 1. The van der Waals surface area contributed by atoms with Gasteiger partial charge in [0.05, 0.1) is 17.1 Å². The van der Waals surface area contributed by atoms with Crippen LogP contribution in [0.15, 0.2) is 18.2 Å². The molecule has 0 unspecified atom stereocenters. The molecule has 4 nitrogen and oxygen atoms in total. The summed E-state index contributed by atoms with van der Waals surface area (Å²) >= 11 is 6.65. The molecule has 0 radical (unpaired) electrons. The van der Waals surface area contributed by atoms with Crippen LogP contribution in [0, 0.1) is 11.3 Å². The van der Waals surface area contributed by atoms with Crippen molar-refractivity contribution in [3.8, 4) is 0 Å². The highest BCUT2D eigenvalue weighted by atomic mass is 35.5. The minimum absolute atomic E-state index is 0.0498. The van der Waals surface area contributed by atoms with Gasteiger partial charge in [0.25, 0.3) is 0 Å². The third kappa shape index (κ3) is 5.00. The van der Waals surface area contributed by atoms with E-state index in [1.807, 2.05) is 6.92 Å². The first-order chi connectivity index (χ1) is 13.5. The summed E-state index contributed by atoms with van der Waals surface area (Å²) in [5.74, 6) is 1.74. The van der Waals surface area contributed by atoms with Crippen molar-refractivity contribution >= 4 is 21.4 Å². The van der Waals surface area contributed by atoms with E-state index in [1.165, 1.54) is 11.1 Å². The van der Waals surface area contributed by atoms with E-state index in [4.69, 9.17) is 11.6 Å². The van der Waals surface area contributed by atoms with Gasteiger partial charge in [-0.15, -0.1) is 0 Å². The molecule has 1 spiro atoms. The minimum atomic E-state index is -2.75. The highest BCUT2D eigenvalue weighted by Crippen LogP contribution is 2.42. The highest BCUT2D eigenvalue weighted by molar-refractivity contribution is 7.92. The molecule has 3 aliphatic rings. The molecule has 1 saturated carbocycles. The minimum Gasteiger partial charge on any atom is -0.390 e. The van der Waals surface area contributed by atoms with Crippen molar-refractivity contribution < 1.29 is 13.5 Å². The van der Waals surface area contributed by atoms with Gasteiger partial charge in [0.2, 0.25) is 0 Å². The molecule has 0 aromatic heterocycles. The fourth-order valence-electron chi connectivity index (χ4n) is 5.80. The molecule has 3 fully saturated rings. The van der Waals surface area contributed by atoms with Gasteiger partial charge in [-0.05, 0) is 81.0 Å². The van der Waals surface area contributed by atoms with Gasteiger partial charge in [0.1, 0.15) is 0 Å². The summed E-state index contributed by atoms with van der Waals surface area (Å²) < 4.78 is 23.2. The molecular weight excluding hydrogens is 406 g/mol. The number of halogens is 1. The van der Waals surface area contributed by atoms with Crippen molar-refractivity contribution in [2.24, 2.45) is 11.3 Å². The second-order valence-electron chi connectivity index (χ2n) is 10.5. The molecule has 1 N–H and O–H groups in total. The largest absolute Gasteiger partial charge is 0.390 e. The predicted octanol–water partition coefficient (Wildman–Crippen LogP) is 4.05. The van der Waals surface area contributed by atoms with Crippen molar-refractivity contribution in [3.63, 3.8) is 0 Å². The maximum absolute atomic E-state index is 11.6. The van der Waals surface area contributed by atoms with E-state index in [0.29, 0.717) is 23.3 Å². The molecular formula is C23H34ClNO3S. The topological polar surface area (TPSA) is 57.6 Å². The molecule has 0 bridgehead atoms. The molecule has 2 heterocycles. The van der Waals surface area contributed by atoms with Crippen molar-refractivity contribution in [2.75, 3.05) is 31.1 Å².